The van der Waals surface area contributed by atoms with Gasteiger partial charge in [0, 0.05) is 6.54 Å². The van der Waals surface area contributed by atoms with E-state index in [1.807, 2.05) is 31.2 Å². The van der Waals surface area contributed by atoms with Crippen LogP contribution in [0.25, 0.3) is 0 Å². The number of aryl methyl sites for hydroxylation is 1. The van der Waals surface area contributed by atoms with Gasteiger partial charge in [-0.25, -0.2) is 0 Å². The Morgan fingerprint density at radius 2 is 2.05 bits per heavy atom. The van der Waals surface area contributed by atoms with Gasteiger partial charge in [-0.05, 0) is 25.3 Å². The highest BCUT2D eigenvalue weighted by Gasteiger charge is 2.37. The lowest BCUT2D eigenvalue weighted by molar-refractivity contribution is -0.146. The van der Waals surface area contributed by atoms with Crippen molar-refractivity contribution >= 4 is 11.9 Å². The first-order valence-corrected chi connectivity index (χ1v) is 6.64. The van der Waals surface area contributed by atoms with Gasteiger partial charge in [-0.2, -0.15) is 0 Å². The van der Waals surface area contributed by atoms with Gasteiger partial charge in [0.15, 0.2) is 0 Å². The van der Waals surface area contributed by atoms with E-state index in [2.05, 4.69) is 5.32 Å². The van der Waals surface area contributed by atoms with E-state index in [1.54, 1.807) is 0 Å². The van der Waals surface area contributed by atoms with Gasteiger partial charge in [0.1, 0.15) is 0 Å². The summed E-state index contributed by atoms with van der Waals surface area (Å²) in [7, 11) is 0. The molecule has 2 N–H and O–H groups in total. The minimum atomic E-state index is -0.854. The zero-order valence-electron chi connectivity index (χ0n) is 11.1. The summed E-state index contributed by atoms with van der Waals surface area (Å²) in [6.45, 7) is 2.46. The lowest BCUT2D eigenvalue weighted by Crippen LogP contribution is -2.34. The van der Waals surface area contributed by atoms with Crippen molar-refractivity contribution in [2.75, 3.05) is 0 Å². The Morgan fingerprint density at radius 1 is 1.32 bits per heavy atom. The molecule has 1 amide bonds. The minimum absolute atomic E-state index is 0.133. The molecule has 2 rings (SSSR count). The lowest BCUT2D eigenvalue weighted by atomic mass is 9.95. The van der Waals surface area contributed by atoms with Gasteiger partial charge in [0.05, 0.1) is 11.8 Å². The second-order valence-corrected chi connectivity index (χ2v) is 5.19. The molecule has 1 aromatic rings. The summed E-state index contributed by atoms with van der Waals surface area (Å²) >= 11 is 0. The molecule has 4 nitrogen and oxygen atoms in total. The summed E-state index contributed by atoms with van der Waals surface area (Å²) in [5, 5.41) is 11.9. The Kier molecular flexibility index (Phi) is 4.20. The van der Waals surface area contributed by atoms with Crippen LogP contribution in [-0.4, -0.2) is 17.0 Å². The monoisotopic (exact) mass is 261 g/mol. The second kappa shape index (κ2) is 5.87. The first kappa shape index (κ1) is 13.6. The van der Waals surface area contributed by atoms with Crippen LogP contribution >= 0.6 is 0 Å². The maximum atomic E-state index is 12.0. The fraction of sp³-hybridized carbons (Fsp3) is 0.467. The van der Waals surface area contributed by atoms with Gasteiger partial charge in [-0.15, -0.1) is 0 Å². The molecule has 0 aromatic heterocycles. The molecular formula is C15H19NO3. The quantitative estimate of drug-likeness (QED) is 0.872. The number of benzene rings is 1. The Bertz CT molecular complexity index is 484. The SMILES string of the molecule is Cc1cccc(CNC(=O)C2CCCC2C(=O)O)c1. The highest BCUT2D eigenvalue weighted by molar-refractivity contribution is 5.85. The molecule has 1 saturated carbocycles. The molecular weight excluding hydrogens is 242 g/mol. The first-order valence-electron chi connectivity index (χ1n) is 6.64. The third-order valence-corrected chi connectivity index (χ3v) is 3.72. The first-order chi connectivity index (χ1) is 9.08. The zero-order chi connectivity index (χ0) is 13.8. The molecule has 0 aliphatic heterocycles. The molecule has 0 bridgehead atoms. The van der Waals surface area contributed by atoms with Crippen molar-refractivity contribution < 1.29 is 14.7 Å². The van der Waals surface area contributed by atoms with Crippen LogP contribution in [0.2, 0.25) is 0 Å². The molecule has 102 valence electrons. The van der Waals surface area contributed by atoms with E-state index >= 15 is 0 Å². The highest BCUT2D eigenvalue weighted by atomic mass is 16.4. The van der Waals surface area contributed by atoms with E-state index in [0.29, 0.717) is 19.4 Å². The number of carbonyl (C=O) groups excluding carboxylic acids is 1. The van der Waals surface area contributed by atoms with E-state index in [4.69, 9.17) is 5.11 Å². The number of carboxylic acids is 1. The summed E-state index contributed by atoms with van der Waals surface area (Å²) < 4.78 is 0. The average Bonchev–Trinajstić information content (AvgIpc) is 2.85. The number of amides is 1. The number of carbonyl (C=O) groups is 2. The molecule has 0 saturated heterocycles. The van der Waals surface area contributed by atoms with E-state index in [9.17, 15) is 9.59 Å². The molecule has 1 aromatic carbocycles. The van der Waals surface area contributed by atoms with Crippen LogP contribution < -0.4 is 5.32 Å². The van der Waals surface area contributed by atoms with Crippen molar-refractivity contribution in [1.82, 2.24) is 5.32 Å². The molecule has 4 heteroatoms. The van der Waals surface area contributed by atoms with Gasteiger partial charge in [0.25, 0.3) is 0 Å². The summed E-state index contributed by atoms with van der Waals surface area (Å²) in [5.74, 6) is -1.88. The fourth-order valence-electron chi connectivity index (χ4n) is 2.71. The van der Waals surface area contributed by atoms with Crippen LogP contribution in [-0.2, 0) is 16.1 Å². The maximum Gasteiger partial charge on any atom is 0.307 e. The normalized spacial score (nSPS) is 22.2. The van der Waals surface area contributed by atoms with Crippen molar-refractivity contribution in [1.29, 1.82) is 0 Å². The second-order valence-electron chi connectivity index (χ2n) is 5.19. The van der Waals surface area contributed by atoms with E-state index in [0.717, 1.165) is 17.5 Å². The number of hydrogen-bond acceptors (Lipinski definition) is 2. The number of nitrogens with one attached hydrogen (secondary N) is 1. The van der Waals surface area contributed by atoms with Crippen LogP contribution in [0, 0.1) is 18.8 Å². The van der Waals surface area contributed by atoms with Crippen molar-refractivity contribution in [2.24, 2.45) is 11.8 Å². The molecule has 0 spiro atoms. The van der Waals surface area contributed by atoms with Crippen LogP contribution in [0.4, 0.5) is 0 Å². The van der Waals surface area contributed by atoms with Crippen LogP contribution in [0.1, 0.15) is 30.4 Å². The maximum absolute atomic E-state index is 12.0. The van der Waals surface area contributed by atoms with Crippen molar-refractivity contribution in [3.63, 3.8) is 0 Å². The van der Waals surface area contributed by atoms with Gasteiger partial charge in [-0.1, -0.05) is 36.2 Å². The molecule has 2 atom stereocenters. The smallest absolute Gasteiger partial charge is 0.307 e. The molecule has 1 fully saturated rings. The van der Waals surface area contributed by atoms with Crippen LogP contribution in [0.3, 0.4) is 0 Å². The van der Waals surface area contributed by atoms with Crippen molar-refractivity contribution in [3.05, 3.63) is 35.4 Å². The molecule has 0 heterocycles. The summed E-state index contributed by atoms with van der Waals surface area (Å²) in [4.78, 5) is 23.1. The third-order valence-electron chi connectivity index (χ3n) is 3.72. The number of rotatable bonds is 4. The minimum Gasteiger partial charge on any atom is -0.481 e. The molecule has 0 radical (unpaired) electrons. The summed E-state index contributed by atoms with van der Waals surface area (Å²) in [5.41, 5.74) is 2.19. The van der Waals surface area contributed by atoms with Crippen LogP contribution in [0.15, 0.2) is 24.3 Å². The van der Waals surface area contributed by atoms with Gasteiger partial charge in [0.2, 0.25) is 5.91 Å². The topological polar surface area (TPSA) is 66.4 Å². The van der Waals surface area contributed by atoms with E-state index in [1.165, 1.54) is 0 Å². The van der Waals surface area contributed by atoms with Crippen molar-refractivity contribution in [2.45, 2.75) is 32.7 Å². The third kappa shape index (κ3) is 3.34. The number of hydrogen-bond donors (Lipinski definition) is 2. The zero-order valence-corrected chi connectivity index (χ0v) is 11.1. The predicted molar refractivity (Wildman–Crippen MR) is 71.5 cm³/mol. The fourth-order valence-corrected chi connectivity index (χ4v) is 2.71. The average molecular weight is 261 g/mol. The van der Waals surface area contributed by atoms with Gasteiger partial charge < -0.3 is 10.4 Å². The van der Waals surface area contributed by atoms with E-state index < -0.39 is 11.9 Å². The standard InChI is InChI=1S/C15H19NO3/c1-10-4-2-5-11(8-10)9-16-14(17)12-6-3-7-13(12)15(18)19/h2,4-5,8,12-13H,3,6-7,9H2,1H3,(H,16,17)(H,18,19). The Labute approximate surface area is 112 Å². The lowest BCUT2D eigenvalue weighted by Gasteiger charge is -2.15. The van der Waals surface area contributed by atoms with Crippen LogP contribution in [0.5, 0.6) is 0 Å². The largest absolute Gasteiger partial charge is 0.481 e. The summed E-state index contributed by atoms with van der Waals surface area (Å²) in [6.07, 6.45) is 2.11. The summed E-state index contributed by atoms with van der Waals surface area (Å²) in [6, 6.07) is 7.93. The predicted octanol–water partition coefficient (Wildman–Crippen LogP) is 2.11. The molecule has 1 aliphatic carbocycles. The number of carboxylic acid groups (broad SMARTS) is 1. The number of aliphatic carboxylic acids is 1. The molecule has 2 unspecified atom stereocenters. The highest BCUT2D eigenvalue weighted by Crippen LogP contribution is 2.32. The van der Waals surface area contributed by atoms with E-state index in [-0.39, 0.29) is 11.8 Å². The van der Waals surface area contributed by atoms with Gasteiger partial charge in [-0.3, -0.25) is 9.59 Å². The Hall–Kier alpha value is -1.84. The van der Waals surface area contributed by atoms with Crippen molar-refractivity contribution in [3.8, 4) is 0 Å². The van der Waals surface area contributed by atoms with Gasteiger partial charge >= 0.3 is 5.97 Å². The molecule has 19 heavy (non-hydrogen) atoms. The Morgan fingerprint density at radius 3 is 2.74 bits per heavy atom. The Balaban J connectivity index is 1.92. The molecule has 1 aliphatic rings.